The van der Waals surface area contributed by atoms with Crippen molar-refractivity contribution in [2.75, 3.05) is 5.32 Å². The van der Waals surface area contributed by atoms with E-state index in [1.807, 2.05) is 13.0 Å². The van der Waals surface area contributed by atoms with E-state index in [1.54, 1.807) is 0 Å². The molecule has 1 aliphatic carbocycles. The Morgan fingerprint density at radius 2 is 2.18 bits per heavy atom. The van der Waals surface area contributed by atoms with E-state index < -0.39 is 0 Å². The molecule has 1 aromatic rings. The quantitative estimate of drug-likeness (QED) is 0.870. The van der Waals surface area contributed by atoms with E-state index >= 15 is 0 Å². The Kier molecular flexibility index (Phi) is 3.36. The molecule has 1 saturated carbocycles. The molecule has 0 spiro atoms. The maximum atomic E-state index is 4.54. The molecular formula is C14H23N3. The predicted octanol–water partition coefficient (Wildman–Crippen LogP) is 3.34. The van der Waals surface area contributed by atoms with Gasteiger partial charge in [-0.1, -0.05) is 20.8 Å². The molecule has 0 amide bonds. The molecule has 1 atom stereocenters. The average Bonchev–Trinajstić information content (AvgIpc) is 2.57. The van der Waals surface area contributed by atoms with E-state index in [0.29, 0.717) is 11.5 Å². The Morgan fingerprint density at radius 3 is 2.76 bits per heavy atom. The minimum Gasteiger partial charge on any atom is -0.367 e. The summed E-state index contributed by atoms with van der Waals surface area (Å²) in [6.07, 6.45) is 4.68. The number of rotatable bonds is 3. The summed E-state index contributed by atoms with van der Waals surface area (Å²) in [5.74, 6) is 1.93. The second kappa shape index (κ2) is 4.63. The third-order valence-electron chi connectivity index (χ3n) is 3.54. The Bertz CT molecular complexity index is 398. The van der Waals surface area contributed by atoms with Crippen molar-refractivity contribution in [3.63, 3.8) is 0 Å². The maximum absolute atomic E-state index is 4.54. The van der Waals surface area contributed by atoms with Gasteiger partial charge in [0.25, 0.3) is 0 Å². The summed E-state index contributed by atoms with van der Waals surface area (Å²) in [5, 5.41) is 3.56. The van der Waals surface area contributed by atoms with Gasteiger partial charge in [0.1, 0.15) is 11.6 Å². The lowest BCUT2D eigenvalue weighted by Gasteiger charge is -2.18. The van der Waals surface area contributed by atoms with Crippen molar-refractivity contribution >= 4 is 5.82 Å². The van der Waals surface area contributed by atoms with Gasteiger partial charge in [-0.05, 0) is 31.6 Å². The molecule has 0 radical (unpaired) electrons. The Labute approximate surface area is 104 Å². The number of anilines is 1. The van der Waals surface area contributed by atoms with E-state index in [-0.39, 0.29) is 0 Å². The van der Waals surface area contributed by atoms with Crippen molar-refractivity contribution in [2.45, 2.75) is 59.4 Å². The largest absolute Gasteiger partial charge is 0.367 e. The van der Waals surface area contributed by atoms with Crippen LogP contribution >= 0.6 is 0 Å². The van der Waals surface area contributed by atoms with Gasteiger partial charge < -0.3 is 5.32 Å². The molecule has 0 aliphatic heterocycles. The first-order valence-electron chi connectivity index (χ1n) is 6.59. The van der Waals surface area contributed by atoms with Gasteiger partial charge in [-0.2, -0.15) is 0 Å². The first kappa shape index (κ1) is 12.3. The Hall–Kier alpha value is -1.12. The Morgan fingerprint density at radius 1 is 1.41 bits per heavy atom. The van der Waals surface area contributed by atoms with E-state index in [4.69, 9.17) is 0 Å². The van der Waals surface area contributed by atoms with Crippen molar-refractivity contribution in [1.29, 1.82) is 0 Å². The van der Waals surface area contributed by atoms with Gasteiger partial charge in [-0.25, -0.2) is 9.97 Å². The molecule has 3 nitrogen and oxygen atoms in total. The monoisotopic (exact) mass is 233 g/mol. The third-order valence-corrected chi connectivity index (χ3v) is 3.54. The first-order chi connectivity index (χ1) is 7.98. The van der Waals surface area contributed by atoms with E-state index in [2.05, 4.69) is 36.1 Å². The molecule has 1 aliphatic rings. The molecule has 1 aromatic heterocycles. The molecule has 1 unspecified atom stereocenters. The number of aromatic nitrogens is 2. The topological polar surface area (TPSA) is 37.8 Å². The molecule has 1 N–H and O–H groups in total. The summed E-state index contributed by atoms with van der Waals surface area (Å²) in [7, 11) is 0. The minimum absolute atomic E-state index is 0.479. The van der Waals surface area contributed by atoms with Crippen LogP contribution in [0.15, 0.2) is 6.07 Å². The van der Waals surface area contributed by atoms with E-state index in [1.165, 1.54) is 19.3 Å². The molecule has 17 heavy (non-hydrogen) atoms. The lowest BCUT2D eigenvalue weighted by atomic mass is 9.92. The average molecular weight is 233 g/mol. The van der Waals surface area contributed by atoms with Crippen molar-refractivity contribution in [3.8, 4) is 0 Å². The predicted molar refractivity (Wildman–Crippen MR) is 71.2 cm³/mol. The van der Waals surface area contributed by atoms with E-state index in [0.717, 1.165) is 23.8 Å². The van der Waals surface area contributed by atoms with Crippen LogP contribution in [0, 0.1) is 12.3 Å². The second-order valence-electron chi connectivity index (χ2n) is 5.91. The number of hydrogen-bond acceptors (Lipinski definition) is 3. The number of nitrogens with one attached hydrogen (secondary N) is 1. The number of nitrogens with zero attached hydrogens (tertiary/aromatic N) is 2. The highest BCUT2D eigenvalue weighted by molar-refractivity contribution is 5.37. The fourth-order valence-corrected chi connectivity index (χ4v) is 2.63. The van der Waals surface area contributed by atoms with Crippen LogP contribution in [0.2, 0.25) is 0 Å². The lowest BCUT2D eigenvalue weighted by molar-refractivity contribution is 0.378. The smallest absolute Gasteiger partial charge is 0.130 e. The number of aryl methyl sites for hydroxylation is 2. The summed E-state index contributed by atoms with van der Waals surface area (Å²) >= 11 is 0. The normalized spacial score (nSPS) is 22.7. The summed E-state index contributed by atoms with van der Waals surface area (Å²) in [6.45, 7) is 8.82. The molecule has 0 saturated heterocycles. The highest BCUT2D eigenvalue weighted by atomic mass is 15.1. The standard InChI is InChI=1S/C14H23N3/c1-5-12-15-10(2)8-13(17-12)16-11-6-7-14(3,4)9-11/h8,11H,5-7,9H2,1-4H3,(H,15,16,17). The fraction of sp³-hybridized carbons (Fsp3) is 0.714. The van der Waals surface area contributed by atoms with Gasteiger partial charge in [0.15, 0.2) is 0 Å². The van der Waals surface area contributed by atoms with Crippen LogP contribution in [-0.2, 0) is 6.42 Å². The van der Waals surface area contributed by atoms with Gasteiger partial charge in [0, 0.05) is 24.2 Å². The van der Waals surface area contributed by atoms with Crippen LogP contribution < -0.4 is 5.32 Å². The summed E-state index contributed by atoms with van der Waals surface area (Å²) in [6, 6.07) is 2.62. The highest BCUT2D eigenvalue weighted by Gasteiger charge is 2.30. The number of hydrogen-bond donors (Lipinski definition) is 1. The minimum atomic E-state index is 0.479. The van der Waals surface area contributed by atoms with Crippen molar-refractivity contribution in [2.24, 2.45) is 5.41 Å². The molecule has 1 heterocycles. The third kappa shape index (κ3) is 3.18. The van der Waals surface area contributed by atoms with Crippen LogP contribution in [0.3, 0.4) is 0 Å². The second-order valence-corrected chi connectivity index (χ2v) is 5.91. The summed E-state index contributed by atoms with van der Waals surface area (Å²) in [5.41, 5.74) is 1.53. The molecule has 94 valence electrons. The van der Waals surface area contributed by atoms with Gasteiger partial charge >= 0.3 is 0 Å². The van der Waals surface area contributed by atoms with Crippen LogP contribution in [-0.4, -0.2) is 16.0 Å². The lowest BCUT2D eigenvalue weighted by Crippen LogP contribution is -2.19. The zero-order valence-corrected chi connectivity index (χ0v) is 11.4. The molecule has 0 bridgehead atoms. The van der Waals surface area contributed by atoms with Gasteiger partial charge in [-0.15, -0.1) is 0 Å². The molecule has 2 rings (SSSR count). The Balaban J connectivity index is 2.06. The molecule has 1 fully saturated rings. The zero-order chi connectivity index (χ0) is 12.5. The van der Waals surface area contributed by atoms with Gasteiger partial charge in [0.2, 0.25) is 0 Å². The zero-order valence-electron chi connectivity index (χ0n) is 11.4. The molecule has 0 aromatic carbocycles. The fourth-order valence-electron chi connectivity index (χ4n) is 2.63. The van der Waals surface area contributed by atoms with Crippen LogP contribution in [0.1, 0.15) is 51.6 Å². The van der Waals surface area contributed by atoms with Crippen LogP contribution in [0.5, 0.6) is 0 Å². The van der Waals surface area contributed by atoms with Gasteiger partial charge in [-0.3, -0.25) is 0 Å². The highest BCUT2D eigenvalue weighted by Crippen LogP contribution is 2.38. The van der Waals surface area contributed by atoms with Crippen LogP contribution in [0.25, 0.3) is 0 Å². The van der Waals surface area contributed by atoms with Gasteiger partial charge in [0.05, 0.1) is 0 Å². The van der Waals surface area contributed by atoms with Crippen molar-refractivity contribution < 1.29 is 0 Å². The maximum Gasteiger partial charge on any atom is 0.130 e. The SMILES string of the molecule is CCc1nc(C)cc(NC2CCC(C)(C)C2)n1. The summed E-state index contributed by atoms with van der Waals surface area (Å²) < 4.78 is 0. The van der Waals surface area contributed by atoms with Crippen molar-refractivity contribution in [3.05, 3.63) is 17.6 Å². The molecular weight excluding hydrogens is 210 g/mol. The van der Waals surface area contributed by atoms with Crippen molar-refractivity contribution in [1.82, 2.24) is 9.97 Å². The summed E-state index contributed by atoms with van der Waals surface area (Å²) in [4.78, 5) is 8.95. The van der Waals surface area contributed by atoms with E-state index in [9.17, 15) is 0 Å². The van der Waals surface area contributed by atoms with Crippen LogP contribution in [0.4, 0.5) is 5.82 Å². The molecule has 3 heteroatoms. The first-order valence-corrected chi connectivity index (χ1v) is 6.59.